The third-order valence-electron chi connectivity index (χ3n) is 3.89. The van der Waals surface area contributed by atoms with Crippen LogP contribution in [-0.4, -0.2) is 29.5 Å². The SMILES string of the molecule is CCCNC(c1cn(C)nc1CC)C1CCCOC1. The van der Waals surface area contributed by atoms with Gasteiger partial charge in [-0.2, -0.15) is 5.10 Å². The van der Waals surface area contributed by atoms with Crippen LogP contribution >= 0.6 is 0 Å². The fraction of sp³-hybridized carbons (Fsp3) is 0.800. The monoisotopic (exact) mass is 265 g/mol. The van der Waals surface area contributed by atoms with E-state index < -0.39 is 0 Å². The van der Waals surface area contributed by atoms with E-state index in [0.717, 1.165) is 32.6 Å². The van der Waals surface area contributed by atoms with Crippen LogP contribution in [0.2, 0.25) is 0 Å². The van der Waals surface area contributed by atoms with Gasteiger partial charge in [-0.25, -0.2) is 0 Å². The molecular weight excluding hydrogens is 238 g/mol. The molecule has 0 saturated carbocycles. The van der Waals surface area contributed by atoms with Crippen molar-refractivity contribution in [1.82, 2.24) is 15.1 Å². The lowest BCUT2D eigenvalue weighted by molar-refractivity contribution is 0.0389. The van der Waals surface area contributed by atoms with Gasteiger partial charge in [0.2, 0.25) is 0 Å². The Bertz CT molecular complexity index is 383. The van der Waals surface area contributed by atoms with Crippen molar-refractivity contribution < 1.29 is 4.74 Å². The summed E-state index contributed by atoms with van der Waals surface area (Å²) < 4.78 is 7.62. The fourth-order valence-electron chi connectivity index (χ4n) is 2.95. The van der Waals surface area contributed by atoms with Crippen molar-refractivity contribution >= 4 is 0 Å². The Morgan fingerprint density at radius 3 is 3.00 bits per heavy atom. The van der Waals surface area contributed by atoms with Gasteiger partial charge in [0.05, 0.1) is 12.3 Å². The van der Waals surface area contributed by atoms with Gasteiger partial charge in [-0.1, -0.05) is 13.8 Å². The second-order valence-electron chi connectivity index (χ2n) is 5.47. The molecule has 0 bridgehead atoms. The van der Waals surface area contributed by atoms with Crippen molar-refractivity contribution in [1.29, 1.82) is 0 Å². The van der Waals surface area contributed by atoms with Gasteiger partial charge in [0.25, 0.3) is 0 Å². The van der Waals surface area contributed by atoms with Crippen LogP contribution in [0.25, 0.3) is 0 Å². The van der Waals surface area contributed by atoms with E-state index in [-0.39, 0.29) is 0 Å². The first-order valence-corrected chi connectivity index (χ1v) is 7.59. The minimum atomic E-state index is 0.392. The zero-order valence-corrected chi connectivity index (χ0v) is 12.5. The zero-order valence-electron chi connectivity index (χ0n) is 12.5. The highest BCUT2D eigenvalue weighted by molar-refractivity contribution is 5.22. The second-order valence-corrected chi connectivity index (χ2v) is 5.47. The fourth-order valence-corrected chi connectivity index (χ4v) is 2.95. The van der Waals surface area contributed by atoms with Crippen LogP contribution in [0.1, 0.15) is 50.4 Å². The predicted octanol–water partition coefficient (Wildman–Crippen LogP) is 2.45. The molecule has 2 unspecified atom stereocenters. The van der Waals surface area contributed by atoms with Crippen molar-refractivity contribution in [3.63, 3.8) is 0 Å². The molecule has 1 aliphatic heterocycles. The van der Waals surface area contributed by atoms with Crippen molar-refractivity contribution in [2.45, 2.75) is 45.6 Å². The second kappa shape index (κ2) is 7.06. The van der Waals surface area contributed by atoms with Crippen LogP contribution in [0, 0.1) is 5.92 Å². The third kappa shape index (κ3) is 3.57. The molecule has 4 nitrogen and oxygen atoms in total. The highest BCUT2D eigenvalue weighted by Crippen LogP contribution is 2.30. The van der Waals surface area contributed by atoms with Gasteiger partial charge in [-0.3, -0.25) is 4.68 Å². The lowest BCUT2D eigenvalue weighted by Gasteiger charge is -2.31. The number of nitrogens with zero attached hydrogens (tertiary/aromatic N) is 2. The molecule has 2 heterocycles. The minimum absolute atomic E-state index is 0.392. The molecule has 4 heteroatoms. The smallest absolute Gasteiger partial charge is 0.0669 e. The molecule has 1 aromatic heterocycles. The lowest BCUT2D eigenvalue weighted by Crippen LogP contribution is -2.34. The van der Waals surface area contributed by atoms with Crippen LogP contribution in [0.5, 0.6) is 0 Å². The van der Waals surface area contributed by atoms with Crippen LogP contribution in [0.4, 0.5) is 0 Å². The normalized spacial score (nSPS) is 21.5. The van der Waals surface area contributed by atoms with E-state index in [1.54, 1.807) is 0 Å². The molecule has 0 radical (unpaired) electrons. The standard InChI is InChI=1S/C15H27N3O/c1-4-8-16-15(12-7-6-9-19-11-12)13-10-18(3)17-14(13)5-2/h10,12,15-16H,4-9,11H2,1-3H3. The first-order valence-electron chi connectivity index (χ1n) is 7.59. The quantitative estimate of drug-likeness (QED) is 0.858. The number of nitrogens with one attached hydrogen (secondary N) is 1. The summed E-state index contributed by atoms with van der Waals surface area (Å²) in [5, 5.41) is 8.30. The van der Waals surface area contributed by atoms with Crippen LogP contribution < -0.4 is 5.32 Å². The number of ether oxygens (including phenoxy) is 1. The van der Waals surface area contributed by atoms with E-state index >= 15 is 0 Å². The zero-order chi connectivity index (χ0) is 13.7. The third-order valence-corrected chi connectivity index (χ3v) is 3.89. The van der Waals surface area contributed by atoms with Gasteiger partial charge < -0.3 is 10.1 Å². The van der Waals surface area contributed by atoms with E-state index in [1.165, 1.54) is 24.1 Å². The molecule has 1 aliphatic rings. The Balaban J connectivity index is 2.19. The summed E-state index contributed by atoms with van der Waals surface area (Å²) in [5.74, 6) is 0.579. The maximum atomic E-state index is 5.68. The molecular formula is C15H27N3O. The minimum Gasteiger partial charge on any atom is -0.381 e. The summed E-state index contributed by atoms with van der Waals surface area (Å²) in [6.07, 6.45) is 6.76. The maximum Gasteiger partial charge on any atom is 0.0669 e. The Morgan fingerprint density at radius 2 is 2.37 bits per heavy atom. The van der Waals surface area contributed by atoms with Gasteiger partial charge in [0.1, 0.15) is 0 Å². The van der Waals surface area contributed by atoms with E-state index in [0.29, 0.717) is 12.0 Å². The van der Waals surface area contributed by atoms with Gasteiger partial charge in [-0.05, 0) is 32.2 Å². The van der Waals surface area contributed by atoms with Gasteiger partial charge in [-0.15, -0.1) is 0 Å². The molecule has 0 aliphatic carbocycles. The Hall–Kier alpha value is -0.870. The topological polar surface area (TPSA) is 39.1 Å². The number of aromatic nitrogens is 2. The van der Waals surface area contributed by atoms with Crippen LogP contribution in [-0.2, 0) is 18.2 Å². The number of rotatable bonds is 6. The average Bonchev–Trinajstić information content (AvgIpc) is 2.81. The molecule has 1 aromatic rings. The van der Waals surface area contributed by atoms with Gasteiger partial charge in [0.15, 0.2) is 0 Å². The van der Waals surface area contributed by atoms with Crippen molar-refractivity contribution in [2.75, 3.05) is 19.8 Å². The molecule has 19 heavy (non-hydrogen) atoms. The summed E-state index contributed by atoms with van der Waals surface area (Å²) in [4.78, 5) is 0. The maximum absolute atomic E-state index is 5.68. The molecule has 2 rings (SSSR count). The van der Waals surface area contributed by atoms with E-state index in [4.69, 9.17) is 4.74 Å². The molecule has 1 saturated heterocycles. The first kappa shape index (κ1) is 14.5. The summed E-state index contributed by atoms with van der Waals surface area (Å²) in [5.41, 5.74) is 2.59. The molecule has 0 spiro atoms. The predicted molar refractivity (Wildman–Crippen MR) is 77.2 cm³/mol. The van der Waals surface area contributed by atoms with Gasteiger partial charge in [0, 0.05) is 37.4 Å². The summed E-state index contributed by atoms with van der Waals surface area (Å²) in [6.45, 7) is 7.24. The van der Waals surface area contributed by atoms with Crippen molar-refractivity contribution in [3.05, 3.63) is 17.5 Å². The summed E-state index contributed by atoms with van der Waals surface area (Å²) in [6, 6.07) is 0.392. The highest BCUT2D eigenvalue weighted by atomic mass is 16.5. The van der Waals surface area contributed by atoms with Crippen LogP contribution in [0.3, 0.4) is 0 Å². The molecule has 0 amide bonds. The number of hydrogen-bond acceptors (Lipinski definition) is 3. The van der Waals surface area contributed by atoms with E-state index in [9.17, 15) is 0 Å². The number of aryl methyl sites for hydroxylation is 2. The average molecular weight is 265 g/mol. The van der Waals surface area contributed by atoms with Crippen molar-refractivity contribution in [2.24, 2.45) is 13.0 Å². The Morgan fingerprint density at radius 1 is 1.53 bits per heavy atom. The molecule has 2 atom stereocenters. The van der Waals surface area contributed by atoms with E-state index in [2.05, 4.69) is 30.5 Å². The largest absolute Gasteiger partial charge is 0.381 e. The summed E-state index contributed by atoms with van der Waals surface area (Å²) >= 11 is 0. The highest BCUT2D eigenvalue weighted by Gasteiger charge is 2.28. The summed E-state index contributed by atoms with van der Waals surface area (Å²) in [7, 11) is 2.01. The first-order chi connectivity index (χ1) is 9.26. The Labute approximate surface area is 116 Å². The van der Waals surface area contributed by atoms with E-state index in [1.807, 2.05) is 11.7 Å². The molecule has 1 fully saturated rings. The molecule has 108 valence electrons. The lowest BCUT2D eigenvalue weighted by atomic mass is 9.88. The van der Waals surface area contributed by atoms with Crippen LogP contribution in [0.15, 0.2) is 6.20 Å². The number of hydrogen-bond donors (Lipinski definition) is 1. The molecule has 1 N–H and O–H groups in total. The molecule has 0 aromatic carbocycles. The van der Waals surface area contributed by atoms with Gasteiger partial charge >= 0.3 is 0 Å². The van der Waals surface area contributed by atoms with Crippen molar-refractivity contribution in [3.8, 4) is 0 Å². The Kier molecular flexibility index (Phi) is 5.40.